The second-order valence-electron chi connectivity index (χ2n) is 7.32. The number of nitrogens with zero attached hydrogens (tertiary/aromatic N) is 2. The molecule has 0 unspecified atom stereocenters. The molecule has 2 aromatic rings. The number of allylic oxidation sites excluding steroid dienone is 6. The lowest BCUT2D eigenvalue weighted by Crippen LogP contribution is -1.88. The quantitative estimate of drug-likeness (QED) is 0.188. The number of nitro benzene ring substituents is 2. The SMILES string of the molecule is CCC/C=C/C(C#Cc1ccc([N+](=O)[O-])cc1)=C(C#Cc1ccc([N+](=O)[O-])cc1)/C=C/CCC. The second kappa shape index (κ2) is 13.9. The van der Waals surface area contributed by atoms with Gasteiger partial charge in [0.2, 0.25) is 0 Å². The molecule has 6 heteroatoms. The summed E-state index contributed by atoms with van der Waals surface area (Å²) >= 11 is 0. The molecular weight excluding hydrogens is 428 g/mol. The molecule has 0 aliphatic heterocycles. The van der Waals surface area contributed by atoms with E-state index in [1.165, 1.54) is 24.3 Å². The second-order valence-corrected chi connectivity index (χ2v) is 7.32. The van der Waals surface area contributed by atoms with Crippen LogP contribution in [-0.2, 0) is 0 Å². The largest absolute Gasteiger partial charge is 0.269 e. The molecule has 0 amide bonds. The maximum atomic E-state index is 10.9. The highest BCUT2D eigenvalue weighted by molar-refractivity contribution is 5.58. The first-order chi connectivity index (χ1) is 16.4. The Morgan fingerprint density at radius 2 is 1.06 bits per heavy atom. The highest BCUT2D eigenvalue weighted by Crippen LogP contribution is 2.14. The summed E-state index contributed by atoms with van der Waals surface area (Å²) in [6.07, 6.45) is 11.7. The number of hydrogen-bond donors (Lipinski definition) is 0. The summed E-state index contributed by atoms with van der Waals surface area (Å²) < 4.78 is 0. The van der Waals surface area contributed by atoms with E-state index in [1.807, 2.05) is 24.3 Å². The van der Waals surface area contributed by atoms with Gasteiger partial charge < -0.3 is 0 Å². The van der Waals surface area contributed by atoms with Crippen molar-refractivity contribution in [3.05, 3.63) is 115 Å². The van der Waals surface area contributed by atoms with Gasteiger partial charge >= 0.3 is 0 Å². The summed E-state index contributed by atoms with van der Waals surface area (Å²) in [5.74, 6) is 12.5. The Morgan fingerprint density at radius 3 is 1.35 bits per heavy atom. The third kappa shape index (κ3) is 8.61. The first-order valence-corrected chi connectivity index (χ1v) is 11.0. The van der Waals surface area contributed by atoms with Gasteiger partial charge in [-0.25, -0.2) is 0 Å². The fourth-order valence-corrected chi connectivity index (χ4v) is 2.75. The summed E-state index contributed by atoms with van der Waals surface area (Å²) in [5.41, 5.74) is 2.81. The molecule has 0 radical (unpaired) electrons. The van der Waals surface area contributed by atoms with Gasteiger partial charge in [-0.1, -0.05) is 62.5 Å². The molecule has 0 saturated carbocycles. The Labute approximate surface area is 200 Å². The van der Waals surface area contributed by atoms with Crippen LogP contribution in [0.4, 0.5) is 11.4 Å². The Hall–Kier alpha value is -4.42. The zero-order valence-corrected chi connectivity index (χ0v) is 19.3. The van der Waals surface area contributed by atoms with Gasteiger partial charge in [0, 0.05) is 46.5 Å². The molecule has 0 aliphatic rings. The molecule has 0 spiro atoms. The number of nitro groups is 2. The molecule has 0 aliphatic carbocycles. The minimum Gasteiger partial charge on any atom is -0.258 e. The zero-order valence-electron chi connectivity index (χ0n) is 19.3. The van der Waals surface area contributed by atoms with Gasteiger partial charge in [-0.3, -0.25) is 20.2 Å². The molecule has 0 saturated heterocycles. The number of benzene rings is 2. The topological polar surface area (TPSA) is 86.3 Å². The van der Waals surface area contributed by atoms with Crippen molar-refractivity contribution in [2.75, 3.05) is 0 Å². The van der Waals surface area contributed by atoms with Crippen LogP contribution in [0.25, 0.3) is 0 Å². The van der Waals surface area contributed by atoms with Crippen LogP contribution in [0.15, 0.2) is 84.0 Å². The van der Waals surface area contributed by atoms with E-state index in [9.17, 15) is 20.2 Å². The first-order valence-electron chi connectivity index (χ1n) is 11.0. The Kier molecular flexibility index (Phi) is 10.5. The van der Waals surface area contributed by atoms with E-state index < -0.39 is 9.85 Å². The number of hydrogen-bond acceptors (Lipinski definition) is 4. The third-order valence-corrected chi connectivity index (χ3v) is 4.61. The first kappa shape index (κ1) is 25.8. The molecular formula is C28H26N2O4. The highest BCUT2D eigenvalue weighted by Gasteiger charge is 2.04. The standard InChI is InChI=1S/C28H26N2O4/c1-3-5-7-9-25(17-11-23-13-19-27(20-14-23)29(31)32)26(10-8-6-4-2)18-12-24-15-21-28(22-16-24)30(33)34/h7-10,13-16,19-22H,3-6H2,1-2H3/b9-7+,10-8+,26-25+. The van der Waals surface area contributed by atoms with Crippen LogP contribution < -0.4 is 0 Å². The minimum absolute atomic E-state index is 0.0151. The normalized spacial score (nSPS) is 11.4. The minimum atomic E-state index is -0.444. The smallest absolute Gasteiger partial charge is 0.258 e. The molecule has 0 N–H and O–H groups in total. The Balaban J connectivity index is 2.51. The molecule has 0 aromatic heterocycles. The molecule has 0 fully saturated rings. The summed E-state index contributed by atoms with van der Waals surface area (Å²) in [4.78, 5) is 20.9. The van der Waals surface area contributed by atoms with Crippen LogP contribution in [0.1, 0.15) is 50.7 Å². The molecule has 2 rings (SSSR count). The van der Waals surface area contributed by atoms with E-state index in [-0.39, 0.29) is 11.4 Å². The number of non-ortho nitro benzene ring substituents is 2. The fourth-order valence-electron chi connectivity index (χ4n) is 2.75. The predicted molar refractivity (Wildman–Crippen MR) is 135 cm³/mol. The molecule has 2 aromatic carbocycles. The van der Waals surface area contributed by atoms with Crippen molar-refractivity contribution < 1.29 is 9.85 Å². The summed E-state index contributed by atoms with van der Waals surface area (Å²) in [7, 11) is 0. The molecule has 0 bridgehead atoms. The van der Waals surface area contributed by atoms with E-state index >= 15 is 0 Å². The average Bonchev–Trinajstić information content (AvgIpc) is 2.84. The van der Waals surface area contributed by atoms with Gasteiger partial charge in [-0.15, -0.1) is 0 Å². The van der Waals surface area contributed by atoms with Crippen molar-refractivity contribution in [2.45, 2.75) is 39.5 Å². The van der Waals surface area contributed by atoms with Crippen molar-refractivity contribution in [1.29, 1.82) is 0 Å². The van der Waals surface area contributed by atoms with E-state index in [0.29, 0.717) is 11.1 Å². The Bertz CT molecular complexity index is 1120. The van der Waals surface area contributed by atoms with Gasteiger partial charge in [-0.05, 0) is 49.3 Å². The summed E-state index contributed by atoms with van der Waals surface area (Å²) in [5, 5.41) is 21.8. The van der Waals surface area contributed by atoms with Crippen molar-refractivity contribution >= 4 is 11.4 Å². The third-order valence-electron chi connectivity index (χ3n) is 4.61. The monoisotopic (exact) mass is 454 g/mol. The fraction of sp³-hybridized carbons (Fsp3) is 0.214. The van der Waals surface area contributed by atoms with E-state index in [1.54, 1.807) is 24.3 Å². The van der Waals surface area contributed by atoms with Crippen LogP contribution in [0.5, 0.6) is 0 Å². The summed E-state index contributed by atoms with van der Waals surface area (Å²) in [6, 6.07) is 12.2. The van der Waals surface area contributed by atoms with Crippen LogP contribution in [0.2, 0.25) is 0 Å². The maximum Gasteiger partial charge on any atom is 0.269 e. The van der Waals surface area contributed by atoms with Crippen molar-refractivity contribution in [1.82, 2.24) is 0 Å². The zero-order chi connectivity index (χ0) is 24.8. The van der Waals surface area contributed by atoms with E-state index in [2.05, 4.69) is 37.5 Å². The lowest BCUT2D eigenvalue weighted by Gasteiger charge is -1.98. The highest BCUT2D eigenvalue weighted by atomic mass is 16.6. The van der Waals surface area contributed by atoms with Gasteiger partial charge in [0.05, 0.1) is 9.85 Å². The maximum absolute atomic E-state index is 10.9. The van der Waals surface area contributed by atoms with Gasteiger partial charge in [0.1, 0.15) is 0 Å². The average molecular weight is 455 g/mol. The van der Waals surface area contributed by atoms with Crippen LogP contribution in [-0.4, -0.2) is 9.85 Å². The van der Waals surface area contributed by atoms with Crippen molar-refractivity contribution in [3.63, 3.8) is 0 Å². The molecule has 0 heterocycles. The van der Waals surface area contributed by atoms with Gasteiger partial charge in [0.15, 0.2) is 0 Å². The van der Waals surface area contributed by atoms with Gasteiger partial charge in [0.25, 0.3) is 11.4 Å². The molecule has 34 heavy (non-hydrogen) atoms. The Morgan fingerprint density at radius 1 is 0.706 bits per heavy atom. The lowest BCUT2D eigenvalue weighted by atomic mass is 10.0. The van der Waals surface area contributed by atoms with E-state index in [4.69, 9.17) is 0 Å². The van der Waals surface area contributed by atoms with Crippen LogP contribution in [0, 0.1) is 43.9 Å². The molecule has 0 atom stereocenters. The number of rotatable bonds is 8. The summed E-state index contributed by atoms with van der Waals surface area (Å²) in [6.45, 7) is 4.18. The van der Waals surface area contributed by atoms with Gasteiger partial charge in [-0.2, -0.15) is 0 Å². The molecule has 172 valence electrons. The lowest BCUT2D eigenvalue weighted by molar-refractivity contribution is -0.385. The predicted octanol–water partition coefficient (Wildman–Crippen LogP) is 6.92. The number of unbranched alkanes of at least 4 members (excludes halogenated alkanes) is 2. The van der Waals surface area contributed by atoms with Crippen molar-refractivity contribution in [3.8, 4) is 23.7 Å². The van der Waals surface area contributed by atoms with Crippen LogP contribution in [0.3, 0.4) is 0 Å². The van der Waals surface area contributed by atoms with E-state index in [0.717, 1.165) is 36.8 Å². The molecule has 6 nitrogen and oxygen atoms in total. The van der Waals surface area contributed by atoms with Crippen LogP contribution >= 0.6 is 0 Å². The van der Waals surface area contributed by atoms with Crippen molar-refractivity contribution in [2.24, 2.45) is 0 Å².